The third-order valence-corrected chi connectivity index (χ3v) is 4.18. The molecule has 1 aromatic carbocycles. The molecule has 0 aliphatic carbocycles. The molecule has 7 heteroatoms. The summed E-state index contributed by atoms with van der Waals surface area (Å²) < 4.78 is 6.85. The first kappa shape index (κ1) is 17.2. The largest absolute Gasteiger partial charge is 0.493 e. The van der Waals surface area contributed by atoms with Gasteiger partial charge in [0.05, 0.1) is 18.6 Å². The third kappa shape index (κ3) is 3.78. The van der Waals surface area contributed by atoms with Crippen molar-refractivity contribution in [2.75, 3.05) is 6.61 Å². The maximum atomic E-state index is 12.1. The van der Waals surface area contributed by atoms with Crippen LogP contribution in [-0.4, -0.2) is 18.6 Å². The highest BCUT2D eigenvalue weighted by atomic mass is 79.9. The Morgan fingerprint density at radius 1 is 1.45 bits per heavy atom. The van der Waals surface area contributed by atoms with Gasteiger partial charge in [0, 0.05) is 16.1 Å². The van der Waals surface area contributed by atoms with Crippen LogP contribution in [-0.2, 0) is 4.79 Å². The standard InChI is InChI=1S/C15H23BrN4O2/c1-8(2)7-22-12-5-4-10(16)6-11(12)14-13(15(21)18-17)9(3)19-20-14/h4-6,8-9,13-14,19-20H,7,17H2,1-3H3,(H,18,21). The van der Waals surface area contributed by atoms with Crippen LogP contribution in [0.3, 0.4) is 0 Å². The molecule has 0 spiro atoms. The quantitative estimate of drug-likeness (QED) is 0.359. The van der Waals surface area contributed by atoms with Gasteiger partial charge in [-0.25, -0.2) is 11.3 Å². The van der Waals surface area contributed by atoms with Crippen LogP contribution >= 0.6 is 15.9 Å². The number of amides is 1. The number of hydrogen-bond donors (Lipinski definition) is 4. The first-order chi connectivity index (χ1) is 10.4. The highest BCUT2D eigenvalue weighted by Gasteiger charge is 2.40. The van der Waals surface area contributed by atoms with Crippen molar-refractivity contribution in [2.24, 2.45) is 17.7 Å². The summed E-state index contributed by atoms with van der Waals surface area (Å²) in [4.78, 5) is 12.1. The number of benzene rings is 1. The van der Waals surface area contributed by atoms with Crippen LogP contribution in [0.1, 0.15) is 32.4 Å². The highest BCUT2D eigenvalue weighted by Crippen LogP contribution is 2.36. The van der Waals surface area contributed by atoms with E-state index in [1.807, 2.05) is 25.1 Å². The molecule has 3 unspecified atom stereocenters. The van der Waals surface area contributed by atoms with Crippen molar-refractivity contribution in [3.05, 3.63) is 28.2 Å². The zero-order valence-corrected chi connectivity index (χ0v) is 14.6. The highest BCUT2D eigenvalue weighted by molar-refractivity contribution is 9.10. The van der Waals surface area contributed by atoms with Crippen LogP contribution in [0.5, 0.6) is 5.75 Å². The molecule has 22 heavy (non-hydrogen) atoms. The Morgan fingerprint density at radius 2 is 2.18 bits per heavy atom. The van der Waals surface area contributed by atoms with Gasteiger partial charge < -0.3 is 4.74 Å². The fourth-order valence-corrected chi connectivity index (χ4v) is 2.96. The van der Waals surface area contributed by atoms with Crippen LogP contribution in [0.25, 0.3) is 0 Å². The Bertz CT molecular complexity index is 538. The van der Waals surface area contributed by atoms with Gasteiger partial charge in [-0.05, 0) is 31.0 Å². The van der Waals surface area contributed by atoms with Gasteiger partial charge in [0.1, 0.15) is 5.75 Å². The molecule has 1 saturated heterocycles. The molecular weight excluding hydrogens is 348 g/mol. The minimum absolute atomic E-state index is 0.0366. The summed E-state index contributed by atoms with van der Waals surface area (Å²) >= 11 is 3.48. The molecule has 0 bridgehead atoms. The maximum Gasteiger partial charge on any atom is 0.240 e. The number of halogens is 1. The maximum absolute atomic E-state index is 12.1. The van der Waals surface area contributed by atoms with Gasteiger partial charge in [0.15, 0.2) is 0 Å². The average molecular weight is 371 g/mol. The number of hydrazine groups is 2. The van der Waals surface area contributed by atoms with E-state index in [4.69, 9.17) is 10.6 Å². The topological polar surface area (TPSA) is 88.4 Å². The van der Waals surface area contributed by atoms with E-state index in [1.165, 1.54) is 0 Å². The van der Waals surface area contributed by atoms with Crippen molar-refractivity contribution in [3.8, 4) is 5.75 Å². The van der Waals surface area contributed by atoms with Gasteiger partial charge in [-0.15, -0.1) is 0 Å². The lowest BCUT2D eigenvalue weighted by atomic mass is 9.89. The van der Waals surface area contributed by atoms with Crippen molar-refractivity contribution in [2.45, 2.75) is 32.9 Å². The van der Waals surface area contributed by atoms with Gasteiger partial charge in [-0.2, -0.15) is 0 Å². The summed E-state index contributed by atoms with van der Waals surface area (Å²) in [6.45, 7) is 6.76. The number of carbonyl (C=O) groups excluding carboxylic acids is 1. The molecule has 1 aromatic rings. The van der Waals surface area contributed by atoms with E-state index < -0.39 is 0 Å². The van der Waals surface area contributed by atoms with E-state index in [0.717, 1.165) is 15.8 Å². The summed E-state index contributed by atoms with van der Waals surface area (Å²) in [5.41, 5.74) is 9.46. The van der Waals surface area contributed by atoms with Gasteiger partial charge in [-0.1, -0.05) is 29.8 Å². The van der Waals surface area contributed by atoms with E-state index >= 15 is 0 Å². The van der Waals surface area contributed by atoms with Crippen LogP contribution in [0, 0.1) is 11.8 Å². The SMILES string of the molecule is CC(C)COc1ccc(Br)cc1C1NNC(C)C1C(=O)NN. The molecule has 6 nitrogen and oxygen atoms in total. The summed E-state index contributed by atoms with van der Waals surface area (Å²) in [6, 6.07) is 5.58. The zero-order chi connectivity index (χ0) is 16.3. The predicted molar refractivity (Wildman–Crippen MR) is 88.8 cm³/mol. The molecule has 1 aliphatic rings. The van der Waals surface area contributed by atoms with Crippen LogP contribution in [0.4, 0.5) is 0 Å². The molecule has 0 radical (unpaired) electrons. The van der Waals surface area contributed by atoms with Crippen molar-refractivity contribution in [1.29, 1.82) is 0 Å². The molecular formula is C15H23BrN4O2. The van der Waals surface area contributed by atoms with Crippen molar-refractivity contribution >= 4 is 21.8 Å². The number of nitrogens with two attached hydrogens (primary N) is 1. The molecule has 122 valence electrons. The van der Waals surface area contributed by atoms with Crippen LogP contribution in [0.2, 0.25) is 0 Å². The molecule has 1 fully saturated rings. The number of hydrogen-bond acceptors (Lipinski definition) is 5. The second kappa shape index (κ2) is 7.41. The number of carbonyl (C=O) groups is 1. The molecule has 5 N–H and O–H groups in total. The lowest BCUT2D eigenvalue weighted by Gasteiger charge is -2.22. The summed E-state index contributed by atoms with van der Waals surface area (Å²) in [5, 5.41) is 0. The average Bonchev–Trinajstić information content (AvgIpc) is 2.86. The van der Waals surface area contributed by atoms with E-state index in [0.29, 0.717) is 12.5 Å². The molecule has 0 saturated carbocycles. The fraction of sp³-hybridized carbons (Fsp3) is 0.533. The molecule has 1 aliphatic heterocycles. The first-order valence-electron chi connectivity index (χ1n) is 7.37. The molecule has 3 atom stereocenters. The van der Waals surface area contributed by atoms with E-state index in [9.17, 15) is 4.79 Å². The Morgan fingerprint density at radius 3 is 2.82 bits per heavy atom. The van der Waals surface area contributed by atoms with E-state index in [1.54, 1.807) is 0 Å². The fourth-order valence-electron chi connectivity index (χ4n) is 2.59. The predicted octanol–water partition coefficient (Wildman–Crippen LogP) is 1.63. The number of rotatable bonds is 5. The smallest absolute Gasteiger partial charge is 0.240 e. The number of nitrogens with one attached hydrogen (secondary N) is 3. The van der Waals surface area contributed by atoms with Crippen molar-refractivity contribution in [1.82, 2.24) is 16.3 Å². The Hall–Kier alpha value is -1.15. The minimum atomic E-state index is -0.319. The van der Waals surface area contributed by atoms with Gasteiger partial charge in [0.25, 0.3) is 0 Å². The first-order valence-corrected chi connectivity index (χ1v) is 8.17. The van der Waals surface area contributed by atoms with Crippen molar-refractivity contribution < 1.29 is 9.53 Å². The Balaban J connectivity index is 2.33. The molecule has 0 aromatic heterocycles. The third-order valence-electron chi connectivity index (χ3n) is 3.69. The minimum Gasteiger partial charge on any atom is -0.493 e. The van der Waals surface area contributed by atoms with Gasteiger partial charge in [-0.3, -0.25) is 15.6 Å². The van der Waals surface area contributed by atoms with Crippen LogP contribution < -0.4 is 26.9 Å². The second-order valence-electron chi connectivity index (χ2n) is 5.98. The summed E-state index contributed by atoms with van der Waals surface area (Å²) in [5.74, 6) is 6.00. The second-order valence-corrected chi connectivity index (χ2v) is 6.89. The van der Waals surface area contributed by atoms with E-state index in [2.05, 4.69) is 46.1 Å². The monoisotopic (exact) mass is 370 g/mol. The van der Waals surface area contributed by atoms with Crippen LogP contribution in [0.15, 0.2) is 22.7 Å². The molecule has 1 heterocycles. The molecule has 1 amide bonds. The van der Waals surface area contributed by atoms with E-state index in [-0.39, 0.29) is 23.9 Å². The lowest BCUT2D eigenvalue weighted by Crippen LogP contribution is -2.41. The lowest BCUT2D eigenvalue weighted by molar-refractivity contribution is -0.125. The van der Waals surface area contributed by atoms with Gasteiger partial charge >= 0.3 is 0 Å². The number of ether oxygens (including phenoxy) is 1. The van der Waals surface area contributed by atoms with Crippen molar-refractivity contribution in [3.63, 3.8) is 0 Å². The Kier molecular flexibility index (Phi) is 5.80. The normalized spacial score (nSPS) is 24.5. The summed E-state index contributed by atoms with van der Waals surface area (Å²) in [7, 11) is 0. The van der Waals surface area contributed by atoms with Gasteiger partial charge in [0.2, 0.25) is 5.91 Å². The Labute approximate surface area is 139 Å². The summed E-state index contributed by atoms with van der Waals surface area (Å²) in [6.07, 6.45) is 0. The molecule has 2 rings (SSSR count). The zero-order valence-electron chi connectivity index (χ0n) is 13.0.